The molecule has 1 aliphatic carbocycles. The Labute approximate surface area is 235 Å². The Morgan fingerprint density at radius 2 is 1.93 bits per heavy atom. The monoisotopic (exact) mass is 558 g/mol. The summed E-state index contributed by atoms with van der Waals surface area (Å²) >= 11 is 0. The molecule has 13 nitrogen and oxygen atoms in total. The molecular weight excluding hydrogens is 533 g/mol. The number of ether oxygens (including phenoxy) is 1. The van der Waals surface area contributed by atoms with Crippen molar-refractivity contribution in [2.75, 3.05) is 30.5 Å². The van der Waals surface area contributed by atoms with E-state index in [-0.39, 0.29) is 35.6 Å². The highest BCUT2D eigenvalue weighted by Crippen LogP contribution is 2.38. The average molecular weight is 558 g/mol. The maximum atomic E-state index is 12.9. The van der Waals surface area contributed by atoms with Gasteiger partial charge in [-0.2, -0.15) is 5.10 Å². The molecule has 1 aliphatic rings. The zero-order chi connectivity index (χ0) is 29.1. The molecule has 0 atom stereocenters. The second kappa shape index (κ2) is 11.7. The van der Waals surface area contributed by atoms with Crippen molar-refractivity contribution in [2.45, 2.75) is 24.6 Å². The van der Waals surface area contributed by atoms with E-state index in [0.717, 1.165) is 19.1 Å². The van der Waals surface area contributed by atoms with Gasteiger partial charge in [0.1, 0.15) is 5.75 Å². The largest absolute Gasteiger partial charge is 0.494 e. The van der Waals surface area contributed by atoms with Gasteiger partial charge in [-0.1, -0.05) is 17.4 Å². The number of benzene rings is 1. The predicted octanol–water partition coefficient (Wildman–Crippen LogP) is -0.163. The normalized spacial score (nSPS) is 13.4. The van der Waals surface area contributed by atoms with Gasteiger partial charge in [-0.15, -0.1) is 10.2 Å². The molecule has 4 rings (SSSR count). The fourth-order valence-electron chi connectivity index (χ4n) is 3.74. The summed E-state index contributed by atoms with van der Waals surface area (Å²) in [7, 11) is 14.8. The third kappa shape index (κ3) is 7.85. The number of amides is 2. The van der Waals surface area contributed by atoms with Gasteiger partial charge < -0.3 is 20.7 Å². The molecule has 6 radical (unpaired) electrons. The fraction of sp³-hybridized carbons (Fsp3) is 0.348. The van der Waals surface area contributed by atoms with Crippen LogP contribution in [0.3, 0.4) is 0 Å². The second-order valence-electron chi connectivity index (χ2n) is 9.31. The number of carbonyl (C=O) groups is 2. The number of methoxy groups -OCH3 is 1. The van der Waals surface area contributed by atoms with E-state index in [4.69, 9.17) is 28.3 Å². The van der Waals surface area contributed by atoms with Crippen molar-refractivity contribution in [3.05, 3.63) is 42.4 Å². The van der Waals surface area contributed by atoms with E-state index < -0.39 is 21.2 Å². The molecule has 2 heterocycles. The highest BCUT2D eigenvalue weighted by molar-refractivity contribution is 7.88. The van der Waals surface area contributed by atoms with Gasteiger partial charge in [-0.25, -0.2) is 13.1 Å². The zero-order valence-corrected chi connectivity index (χ0v) is 22.7. The first-order chi connectivity index (χ1) is 18.8. The first-order valence-corrected chi connectivity index (χ1v) is 14.0. The Morgan fingerprint density at radius 1 is 1.18 bits per heavy atom. The van der Waals surface area contributed by atoms with Gasteiger partial charge in [0.25, 0.3) is 5.91 Å². The van der Waals surface area contributed by atoms with Crippen LogP contribution in [0.5, 0.6) is 5.75 Å². The molecule has 17 heteroatoms. The number of carbonyl (C=O) groups excluding carboxylic acids is 2. The zero-order valence-electron chi connectivity index (χ0n) is 21.8. The molecule has 1 fully saturated rings. The number of sulfonamides is 1. The summed E-state index contributed by atoms with van der Waals surface area (Å²) in [5, 5.41) is 18.2. The van der Waals surface area contributed by atoms with Crippen LogP contribution in [0.4, 0.5) is 17.2 Å². The topological polar surface area (TPSA) is 169 Å². The van der Waals surface area contributed by atoms with Gasteiger partial charge in [0.2, 0.25) is 15.9 Å². The van der Waals surface area contributed by atoms with Crippen LogP contribution in [0.15, 0.2) is 36.7 Å². The van der Waals surface area contributed by atoms with E-state index in [1.807, 2.05) is 6.07 Å². The smallest absolute Gasteiger partial charge is 0.272 e. The standard InChI is InChI=1S/C23H25B3N8O5S/c1-39-20-15(14-11-27-34(12-14)9-8-28-40(2,37)38)4-3-5-16(20)29-17-10-18(30-21(35)13-6-7-13)32-33-19(17)22(36)31-23(24,25)26/h3-5,10-13,28H,6-9H2,1-2H3,(H,31,36)(H2,29,30,32,35). The number of aromatic nitrogens is 4. The SMILES string of the molecule is [B]C([B])([B])NC(=O)c1nnc(NC(=O)C2CC2)cc1Nc1cccc(-c2cnn(CCNS(C)(=O)=O)c2)c1OC. The van der Waals surface area contributed by atoms with Crippen molar-refractivity contribution < 1.29 is 22.7 Å². The number of nitrogens with one attached hydrogen (secondary N) is 4. The average Bonchev–Trinajstić information content (AvgIpc) is 3.61. The molecule has 2 aromatic heterocycles. The molecule has 3 aromatic rings. The summed E-state index contributed by atoms with van der Waals surface area (Å²) in [4.78, 5) is 25.1. The lowest BCUT2D eigenvalue weighted by Gasteiger charge is -2.23. The first kappa shape index (κ1) is 29.1. The predicted molar refractivity (Wildman–Crippen MR) is 151 cm³/mol. The molecule has 4 N–H and O–H groups in total. The maximum Gasteiger partial charge on any atom is 0.272 e. The summed E-state index contributed by atoms with van der Waals surface area (Å²) in [5.74, 6) is -0.524. The minimum absolute atomic E-state index is 0.0756. The summed E-state index contributed by atoms with van der Waals surface area (Å²) in [5.41, 5.74) is 1.79. The van der Waals surface area contributed by atoms with Crippen molar-refractivity contribution in [3.63, 3.8) is 0 Å². The number of nitrogens with zero attached hydrogens (tertiary/aromatic N) is 4. The summed E-state index contributed by atoms with van der Waals surface area (Å²) in [6.07, 6.45) is 6.04. The summed E-state index contributed by atoms with van der Waals surface area (Å²) < 4.78 is 32.4. The lowest BCUT2D eigenvalue weighted by Crippen LogP contribution is -2.50. The van der Waals surface area contributed by atoms with Crippen molar-refractivity contribution in [1.29, 1.82) is 0 Å². The van der Waals surface area contributed by atoms with E-state index in [0.29, 0.717) is 29.1 Å². The van der Waals surface area contributed by atoms with Crippen molar-refractivity contribution in [1.82, 2.24) is 30.0 Å². The van der Waals surface area contributed by atoms with Gasteiger partial charge >= 0.3 is 0 Å². The van der Waals surface area contributed by atoms with E-state index in [9.17, 15) is 18.0 Å². The Kier molecular flexibility index (Phi) is 8.54. The van der Waals surface area contributed by atoms with Crippen molar-refractivity contribution in [2.24, 2.45) is 5.92 Å². The van der Waals surface area contributed by atoms with E-state index >= 15 is 0 Å². The molecule has 202 valence electrons. The first-order valence-electron chi connectivity index (χ1n) is 12.1. The van der Waals surface area contributed by atoms with Gasteiger partial charge in [-0.3, -0.25) is 14.3 Å². The van der Waals surface area contributed by atoms with Crippen LogP contribution in [0.25, 0.3) is 11.1 Å². The molecule has 1 saturated carbocycles. The number of hydrogen-bond acceptors (Lipinski definition) is 9. The van der Waals surface area contributed by atoms with Crippen LogP contribution in [-0.2, 0) is 21.4 Å². The molecule has 1 aromatic carbocycles. The lowest BCUT2D eigenvalue weighted by atomic mass is 9.49. The lowest BCUT2D eigenvalue weighted by molar-refractivity contribution is -0.117. The highest BCUT2D eigenvalue weighted by Gasteiger charge is 2.30. The Balaban J connectivity index is 1.64. The molecule has 0 spiro atoms. The number of rotatable bonds is 12. The summed E-state index contributed by atoms with van der Waals surface area (Å²) in [6.45, 7) is 0.489. The second-order valence-corrected chi connectivity index (χ2v) is 11.1. The van der Waals surface area contributed by atoms with E-state index in [1.165, 1.54) is 13.2 Å². The fourth-order valence-corrected chi connectivity index (χ4v) is 4.21. The van der Waals surface area contributed by atoms with Crippen molar-refractivity contribution >= 4 is 62.6 Å². The van der Waals surface area contributed by atoms with Crippen LogP contribution < -0.4 is 25.4 Å². The van der Waals surface area contributed by atoms with Crippen LogP contribution in [0.1, 0.15) is 23.3 Å². The molecule has 0 saturated heterocycles. The van der Waals surface area contributed by atoms with E-state index in [2.05, 4.69) is 36.0 Å². The minimum atomic E-state index is -3.32. The van der Waals surface area contributed by atoms with E-state index in [1.54, 1.807) is 29.2 Å². The third-order valence-electron chi connectivity index (χ3n) is 5.68. The van der Waals surface area contributed by atoms with Crippen LogP contribution in [-0.4, -0.2) is 88.9 Å². The molecule has 0 bridgehead atoms. The maximum absolute atomic E-state index is 12.9. The van der Waals surface area contributed by atoms with Gasteiger partial charge in [0.05, 0.1) is 61.0 Å². The third-order valence-corrected chi connectivity index (χ3v) is 6.40. The van der Waals surface area contributed by atoms with Gasteiger partial charge in [-0.05, 0) is 18.9 Å². The van der Waals surface area contributed by atoms with Crippen molar-refractivity contribution in [3.8, 4) is 16.9 Å². The van der Waals surface area contributed by atoms with Crippen LogP contribution >= 0.6 is 0 Å². The Bertz CT molecular complexity index is 1520. The number of hydrogen-bond donors (Lipinski definition) is 4. The van der Waals surface area contributed by atoms with Crippen LogP contribution in [0, 0.1) is 5.92 Å². The quantitative estimate of drug-likeness (QED) is 0.221. The van der Waals surface area contributed by atoms with Gasteiger partial charge in [0, 0.05) is 35.9 Å². The molecule has 0 aliphatic heterocycles. The van der Waals surface area contributed by atoms with Crippen LogP contribution in [0.2, 0.25) is 0 Å². The molecule has 0 unspecified atom stereocenters. The minimum Gasteiger partial charge on any atom is -0.494 e. The number of para-hydroxylation sites is 1. The summed E-state index contributed by atoms with van der Waals surface area (Å²) in [6, 6.07) is 6.74. The number of anilines is 3. The molecule has 2 amide bonds. The highest BCUT2D eigenvalue weighted by atomic mass is 32.2. The molecular formula is C23H25B3N8O5S. The van der Waals surface area contributed by atoms with Gasteiger partial charge in [0.15, 0.2) is 11.5 Å². The Hall–Kier alpha value is -3.85. The Morgan fingerprint density at radius 3 is 2.58 bits per heavy atom. The molecule has 40 heavy (non-hydrogen) atoms.